The number of rotatable bonds is 2. The Balaban J connectivity index is 2.22. The number of aromatic hydroxyl groups is 1. The zero-order valence-corrected chi connectivity index (χ0v) is 10.9. The Hall–Kier alpha value is -2.28. The van der Waals surface area contributed by atoms with Crippen molar-refractivity contribution < 1.29 is 5.11 Å². The number of phenols is 1. The molecule has 0 amide bonds. The molecule has 3 aromatic rings. The van der Waals surface area contributed by atoms with E-state index in [1.807, 2.05) is 36.4 Å². The highest BCUT2D eigenvalue weighted by molar-refractivity contribution is 5.88. The zero-order valence-electron chi connectivity index (χ0n) is 10.9. The van der Waals surface area contributed by atoms with Crippen molar-refractivity contribution in [3.05, 3.63) is 77.9 Å². The summed E-state index contributed by atoms with van der Waals surface area (Å²) in [4.78, 5) is 0. The summed E-state index contributed by atoms with van der Waals surface area (Å²) in [5, 5.41) is 12.5. The molecular formula is C18H16O. The highest BCUT2D eigenvalue weighted by atomic mass is 16.3. The summed E-state index contributed by atoms with van der Waals surface area (Å²) in [6, 6.07) is 22.2. The molecule has 0 saturated carbocycles. The molecule has 1 unspecified atom stereocenters. The van der Waals surface area contributed by atoms with E-state index in [0.717, 1.165) is 16.3 Å². The van der Waals surface area contributed by atoms with Crippen molar-refractivity contribution >= 4 is 10.8 Å². The van der Waals surface area contributed by atoms with Gasteiger partial charge in [0.2, 0.25) is 0 Å². The van der Waals surface area contributed by atoms with Gasteiger partial charge in [0.25, 0.3) is 0 Å². The molecule has 0 fully saturated rings. The van der Waals surface area contributed by atoms with E-state index in [1.165, 1.54) is 5.56 Å². The van der Waals surface area contributed by atoms with Gasteiger partial charge >= 0.3 is 0 Å². The van der Waals surface area contributed by atoms with Gasteiger partial charge in [-0.05, 0) is 22.4 Å². The lowest BCUT2D eigenvalue weighted by Crippen LogP contribution is -1.97. The molecule has 0 saturated heterocycles. The summed E-state index contributed by atoms with van der Waals surface area (Å²) in [7, 11) is 0. The second-order valence-electron chi connectivity index (χ2n) is 4.85. The van der Waals surface area contributed by atoms with Crippen LogP contribution < -0.4 is 0 Å². The molecule has 0 bridgehead atoms. The molecule has 0 aliphatic carbocycles. The predicted molar refractivity (Wildman–Crippen MR) is 79.6 cm³/mol. The van der Waals surface area contributed by atoms with Crippen LogP contribution in [0.5, 0.6) is 5.75 Å². The maximum absolute atomic E-state index is 10.2. The molecule has 1 N–H and O–H groups in total. The van der Waals surface area contributed by atoms with Gasteiger partial charge in [0.05, 0.1) is 0 Å². The minimum atomic E-state index is 0.173. The van der Waals surface area contributed by atoms with Crippen LogP contribution in [0.2, 0.25) is 0 Å². The predicted octanol–water partition coefficient (Wildman–Crippen LogP) is 4.70. The Morgan fingerprint density at radius 2 is 1.47 bits per heavy atom. The average molecular weight is 248 g/mol. The van der Waals surface area contributed by atoms with Crippen LogP contribution in [0.25, 0.3) is 10.8 Å². The van der Waals surface area contributed by atoms with E-state index in [-0.39, 0.29) is 5.92 Å². The first-order valence-corrected chi connectivity index (χ1v) is 6.53. The van der Waals surface area contributed by atoms with Crippen LogP contribution in [-0.4, -0.2) is 5.11 Å². The lowest BCUT2D eigenvalue weighted by molar-refractivity contribution is 0.467. The normalized spacial score (nSPS) is 12.5. The van der Waals surface area contributed by atoms with Crippen LogP contribution in [-0.2, 0) is 0 Å². The van der Waals surface area contributed by atoms with Crippen LogP contribution in [0.3, 0.4) is 0 Å². The molecule has 19 heavy (non-hydrogen) atoms. The van der Waals surface area contributed by atoms with Gasteiger partial charge in [0, 0.05) is 11.5 Å². The number of benzene rings is 3. The van der Waals surface area contributed by atoms with Gasteiger partial charge < -0.3 is 5.11 Å². The van der Waals surface area contributed by atoms with Crippen LogP contribution in [0.1, 0.15) is 24.0 Å². The highest BCUT2D eigenvalue weighted by Crippen LogP contribution is 2.36. The molecule has 3 aromatic carbocycles. The average Bonchev–Trinajstić information content (AvgIpc) is 2.47. The van der Waals surface area contributed by atoms with Gasteiger partial charge in [-0.25, -0.2) is 0 Å². The van der Waals surface area contributed by atoms with Crippen LogP contribution in [0.15, 0.2) is 66.7 Å². The van der Waals surface area contributed by atoms with Gasteiger partial charge in [-0.15, -0.1) is 0 Å². The highest BCUT2D eigenvalue weighted by Gasteiger charge is 2.15. The fourth-order valence-electron chi connectivity index (χ4n) is 2.65. The summed E-state index contributed by atoms with van der Waals surface area (Å²) in [6.45, 7) is 2.14. The van der Waals surface area contributed by atoms with Crippen LogP contribution >= 0.6 is 0 Å². The van der Waals surface area contributed by atoms with E-state index in [0.29, 0.717) is 5.75 Å². The molecule has 1 heteroatoms. The Bertz CT molecular complexity index is 701. The van der Waals surface area contributed by atoms with E-state index in [2.05, 4.69) is 31.2 Å². The van der Waals surface area contributed by atoms with Gasteiger partial charge in [0.15, 0.2) is 0 Å². The van der Waals surface area contributed by atoms with Crippen molar-refractivity contribution in [2.75, 3.05) is 0 Å². The zero-order chi connectivity index (χ0) is 13.2. The lowest BCUT2D eigenvalue weighted by Gasteiger charge is -2.16. The van der Waals surface area contributed by atoms with Gasteiger partial charge in [-0.1, -0.05) is 67.6 Å². The first-order valence-electron chi connectivity index (χ1n) is 6.53. The van der Waals surface area contributed by atoms with E-state index in [1.54, 1.807) is 6.07 Å². The molecule has 0 aromatic heterocycles. The van der Waals surface area contributed by atoms with E-state index >= 15 is 0 Å². The minimum Gasteiger partial charge on any atom is -0.508 e. The molecule has 0 aliphatic heterocycles. The summed E-state index contributed by atoms with van der Waals surface area (Å²) in [6.07, 6.45) is 0. The molecule has 0 aliphatic rings. The second kappa shape index (κ2) is 4.77. The SMILES string of the molecule is CC(c1ccccc1)c1c(O)ccc2ccccc12. The Kier molecular flexibility index (Phi) is 2.96. The number of phenolic OH excluding ortho intramolecular Hbond substituents is 1. The van der Waals surface area contributed by atoms with E-state index in [4.69, 9.17) is 0 Å². The summed E-state index contributed by atoms with van der Waals surface area (Å²) >= 11 is 0. The smallest absolute Gasteiger partial charge is 0.120 e. The van der Waals surface area contributed by atoms with Crippen molar-refractivity contribution in [2.45, 2.75) is 12.8 Å². The van der Waals surface area contributed by atoms with Crippen molar-refractivity contribution in [1.82, 2.24) is 0 Å². The third-order valence-electron chi connectivity index (χ3n) is 3.68. The fraction of sp³-hybridized carbons (Fsp3) is 0.111. The first-order chi connectivity index (χ1) is 9.27. The van der Waals surface area contributed by atoms with E-state index in [9.17, 15) is 5.11 Å². The molecule has 0 heterocycles. The third-order valence-corrected chi connectivity index (χ3v) is 3.68. The Labute approximate surface area is 113 Å². The minimum absolute atomic E-state index is 0.173. The molecular weight excluding hydrogens is 232 g/mol. The monoisotopic (exact) mass is 248 g/mol. The molecule has 0 radical (unpaired) electrons. The van der Waals surface area contributed by atoms with Gasteiger partial charge in [-0.3, -0.25) is 0 Å². The fourth-order valence-corrected chi connectivity index (χ4v) is 2.65. The molecule has 1 atom stereocenters. The second-order valence-corrected chi connectivity index (χ2v) is 4.85. The molecule has 3 rings (SSSR count). The summed E-state index contributed by atoms with van der Waals surface area (Å²) < 4.78 is 0. The standard InChI is InChI=1S/C18H16O/c1-13(14-7-3-2-4-8-14)18-16-10-6-5-9-15(16)11-12-17(18)19/h2-13,19H,1H3. The quantitative estimate of drug-likeness (QED) is 0.697. The number of hydrogen-bond donors (Lipinski definition) is 1. The van der Waals surface area contributed by atoms with E-state index < -0.39 is 0 Å². The Morgan fingerprint density at radius 1 is 0.789 bits per heavy atom. The van der Waals surface area contributed by atoms with Crippen molar-refractivity contribution in [2.24, 2.45) is 0 Å². The third kappa shape index (κ3) is 2.08. The topological polar surface area (TPSA) is 20.2 Å². The van der Waals surface area contributed by atoms with Gasteiger partial charge in [0.1, 0.15) is 5.75 Å². The molecule has 1 nitrogen and oxygen atoms in total. The van der Waals surface area contributed by atoms with Crippen molar-refractivity contribution in [1.29, 1.82) is 0 Å². The van der Waals surface area contributed by atoms with Crippen LogP contribution in [0, 0.1) is 0 Å². The van der Waals surface area contributed by atoms with Crippen molar-refractivity contribution in [3.63, 3.8) is 0 Å². The maximum atomic E-state index is 10.2. The Morgan fingerprint density at radius 3 is 2.26 bits per heavy atom. The number of hydrogen-bond acceptors (Lipinski definition) is 1. The van der Waals surface area contributed by atoms with Gasteiger partial charge in [-0.2, -0.15) is 0 Å². The maximum Gasteiger partial charge on any atom is 0.120 e. The molecule has 94 valence electrons. The first kappa shape index (κ1) is 11.8. The largest absolute Gasteiger partial charge is 0.508 e. The lowest BCUT2D eigenvalue weighted by atomic mass is 9.88. The summed E-state index contributed by atoms with van der Waals surface area (Å²) in [5.74, 6) is 0.544. The number of fused-ring (bicyclic) bond motifs is 1. The molecule has 0 spiro atoms. The van der Waals surface area contributed by atoms with Crippen LogP contribution in [0.4, 0.5) is 0 Å². The van der Waals surface area contributed by atoms with Crippen molar-refractivity contribution in [3.8, 4) is 5.75 Å². The summed E-state index contributed by atoms with van der Waals surface area (Å²) in [5.41, 5.74) is 2.22.